The fourth-order valence-corrected chi connectivity index (χ4v) is 4.58. The van der Waals surface area contributed by atoms with Gasteiger partial charge in [-0.1, -0.05) is 19.8 Å². The summed E-state index contributed by atoms with van der Waals surface area (Å²) in [6, 6.07) is 2.26. The first kappa shape index (κ1) is 21.5. The lowest BCUT2D eigenvalue weighted by Crippen LogP contribution is -2.20. The zero-order valence-corrected chi connectivity index (χ0v) is 18.2. The molecule has 1 aliphatic carbocycles. The number of aromatic carboxylic acids is 1. The second-order valence-electron chi connectivity index (χ2n) is 7.74. The smallest absolute Gasteiger partial charge is 0.338 e. The van der Waals surface area contributed by atoms with Gasteiger partial charge in [0.25, 0.3) is 0 Å². The van der Waals surface area contributed by atoms with Gasteiger partial charge in [-0.25, -0.2) is 14.2 Å². The standard InChI is InChI=1S/C21H23FN2O3S2/c1-21(2)8-6-13(7-9-21)4-5-18-23-19(12-28-18)29-24-16-11-15(22)14(20(25)26)10-17(16)27-3/h10-13,24H,6-9H2,1-3H3,(H,25,26). The topological polar surface area (TPSA) is 71.5 Å². The second kappa shape index (κ2) is 9.06. The fraction of sp³-hybridized carbons (Fsp3) is 0.429. The summed E-state index contributed by atoms with van der Waals surface area (Å²) in [4.78, 5) is 15.5. The van der Waals surface area contributed by atoms with Crippen LogP contribution in [0.1, 0.15) is 54.9 Å². The van der Waals surface area contributed by atoms with E-state index in [4.69, 9.17) is 9.84 Å². The SMILES string of the molecule is COc1cc(C(=O)O)c(F)cc1NSc1csc(C#CC2CCC(C)(C)CC2)n1. The van der Waals surface area contributed by atoms with Gasteiger partial charge in [-0.3, -0.25) is 0 Å². The van der Waals surface area contributed by atoms with E-state index in [1.165, 1.54) is 43.2 Å². The van der Waals surface area contributed by atoms with Crippen LogP contribution in [0.25, 0.3) is 0 Å². The number of hydrogen-bond acceptors (Lipinski definition) is 6. The molecule has 2 aromatic rings. The number of carboxylic acid groups (broad SMARTS) is 1. The van der Waals surface area contributed by atoms with E-state index in [-0.39, 0.29) is 5.75 Å². The van der Waals surface area contributed by atoms with E-state index >= 15 is 0 Å². The zero-order chi connectivity index (χ0) is 21.0. The van der Waals surface area contributed by atoms with Crippen LogP contribution in [-0.4, -0.2) is 23.2 Å². The molecule has 1 aromatic carbocycles. The van der Waals surface area contributed by atoms with Gasteiger partial charge in [0.1, 0.15) is 16.6 Å². The minimum absolute atomic E-state index is 0.242. The lowest BCUT2D eigenvalue weighted by atomic mass is 9.73. The summed E-state index contributed by atoms with van der Waals surface area (Å²) in [5.74, 6) is 5.03. The molecule has 3 rings (SSSR count). The Bertz CT molecular complexity index is 953. The van der Waals surface area contributed by atoms with Gasteiger partial charge in [-0.15, -0.1) is 11.3 Å². The average molecular weight is 435 g/mol. The number of benzene rings is 1. The lowest BCUT2D eigenvalue weighted by Gasteiger charge is -2.32. The number of hydrogen-bond donors (Lipinski definition) is 2. The number of carboxylic acids is 1. The lowest BCUT2D eigenvalue weighted by molar-refractivity contribution is 0.0691. The van der Waals surface area contributed by atoms with Crippen molar-refractivity contribution in [2.45, 2.75) is 44.6 Å². The van der Waals surface area contributed by atoms with Crippen molar-refractivity contribution in [1.82, 2.24) is 4.98 Å². The number of nitrogens with zero attached hydrogens (tertiary/aromatic N) is 1. The Labute approximate surface area is 178 Å². The summed E-state index contributed by atoms with van der Waals surface area (Å²) in [5, 5.41) is 12.3. The normalized spacial score (nSPS) is 16.0. The van der Waals surface area contributed by atoms with Crippen LogP contribution in [-0.2, 0) is 0 Å². The van der Waals surface area contributed by atoms with Crippen LogP contribution in [0.2, 0.25) is 0 Å². The van der Waals surface area contributed by atoms with Gasteiger partial charge in [0.2, 0.25) is 0 Å². The number of ether oxygens (including phenoxy) is 1. The van der Waals surface area contributed by atoms with Crippen LogP contribution in [0.15, 0.2) is 22.5 Å². The molecule has 1 aromatic heterocycles. The first-order valence-corrected chi connectivity index (χ1v) is 11.0. The maximum absolute atomic E-state index is 14.0. The molecule has 29 heavy (non-hydrogen) atoms. The Hall–Kier alpha value is -2.24. The highest BCUT2D eigenvalue weighted by Crippen LogP contribution is 2.37. The van der Waals surface area contributed by atoms with Crippen molar-refractivity contribution >= 4 is 34.9 Å². The van der Waals surface area contributed by atoms with E-state index in [1.54, 1.807) is 0 Å². The Morgan fingerprint density at radius 1 is 1.41 bits per heavy atom. The van der Waals surface area contributed by atoms with E-state index in [0.29, 0.717) is 22.0 Å². The zero-order valence-electron chi connectivity index (χ0n) is 16.5. The van der Waals surface area contributed by atoms with Gasteiger partial charge >= 0.3 is 5.97 Å². The van der Waals surface area contributed by atoms with Crippen LogP contribution in [0.3, 0.4) is 0 Å². The molecule has 5 nitrogen and oxygen atoms in total. The van der Waals surface area contributed by atoms with Crippen LogP contribution in [0.4, 0.5) is 10.1 Å². The molecule has 1 heterocycles. The molecule has 0 radical (unpaired) electrons. The first-order chi connectivity index (χ1) is 13.8. The van der Waals surface area contributed by atoms with Crippen LogP contribution >= 0.6 is 23.3 Å². The first-order valence-electron chi connectivity index (χ1n) is 9.28. The predicted octanol–water partition coefficient (Wildman–Crippen LogP) is 5.68. The van der Waals surface area contributed by atoms with Crippen LogP contribution in [0.5, 0.6) is 5.75 Å². The highest BCUT2D eigenvalue weighted by Gasteiger charge is 2.25. The number of methoxy groups -OCH3 is 1. The van der Waals surface area contributed by atoms with Crippen molar-refractivity contribution in [2.75, 3.05) is 11.8 Å². The molecule has 2 N–H and O–H groups in total. The Morgan fingerprint density at radius 2 is 2.14 bits per heavy atom. The van der Waals surface area contributed by atoms with Crippen molar-refractivity contribution in [3.63, 3.8) is 0 Å². The molecular weight excluding hydrogens is 411 g/mol. The fourth-order valence-electron chi connectivity index (χ4n) is 3.14. The molecular formula is C21H23FN2O3S2. The molecule has 0 bridgehead atoms. The van der Waals surface area contributed by atoms with Crippen LogP contribution in [0, 0.1) is 29.0 Å². The number of anilines is 1. The molecule has 0 spiro atoms. The third-order valence-electron chi connectivity index (χ3n) is 4.99. The molecule has 0 aliphatic heterocycles. The van der Waals surface area contributed by atoms with Gasteiger partial charge in [0.15, 0.2) is 5.01 Å². The third kappa shape index (κ3) is 5.64. The van der Waals surface area contributed by atoms with Crippen molar-refractivity contribution < 1.29 is 19.0 Å². The number of halogens is 1. The van der Waals surface area contributed by atoms with Crippen molar-refractivity contribution in [3.05, 3.63) is 33.9 Å². The minimum atomic E-state index is -1.34. The van der Waals surface area contributed by atoms with Gasteiger partial charge in [0, 0.05) is 29.3 Å². The van der Waals surface area contributed by atoms with E-state index in [1.807, 2.05) is 5.38 Å². The quantitative estimate of drug-likeness (QED) is 0.466. The predicted molar refractivity (Wildman–Crippen MR) is 114 cm³/mol. The van der Waals surface area contributed by atoms with Crippen molar-refractivity contribution in [1.29, 1.82) is 0 Å². The van der Waals surface area contributed by atoms with Gasteiger partial charge in [-0.05, 0) is 43.1 Å². The van der Waals surface area contributed by atoms with Gasteiger partial charge in [-0.2, -0.15) is 0 Å². The van der Waals surface area contributed by atoms with Crippen molar-refractivity contribution in [2.24, 2.45) is 11.3 Å². The summed E-state index contributed by atoms with van der Waals surface area (Å²) < 4.78 is 22.1. The molecule has 0 amide bonds. The Kier molecular flexibility index (Phi) is 6.70. The van der Waals surface area contributed by atoms with Gasteiger partial charge in [0.05, 0.1) is 18.4 Å². The third-order valence-corrected chi connectivity index (χ3v) is 6.64. The van der Waals surface area contributed by atoms with Crippen LogP contribution < -0.4 is 9.46 Å². The largest absolute Gasteiger partial charge is 0.495 e. The highest BCUT2D eigenvalue weighted by molar-refractivity contribution is 8.00. The number of nitrogens with one attached hydrogen (secondary N) is 1. The number of thiazole rings is 1. The molecule has 1 aliphatic rings. The Balaban J connectivity index is 1.62. The molecule has 8 heteroatoms. The molecule has 154 valence electrons. The maximum Gasteiger partial charge on any atom is 0.338 e. The number of rotatable bonds is 5. The summed E-state index contributed by atoms with van der Waals surface area (Å²) >= 11 is 2.66. The molecule has 0 atom stereocenters. The molecule has 0 unspecified atom stereocenters. The average Bonchev–Trinajstić information content (AvgIpc) is 3.13. The Morgan fingerprint density at radius 3 is 2.79 bits per heavy atom. The van der Waals surface area contributed by atoms with Crippen molar-refractivity contribution in [3.8, 4) is 17.6 Å². The van der Waals surface area contributed by atoms with Gasteiger partial charge < -0.3 is 14.6 Å². The van der Waals surface area contributed by atoms with E-state index < -0.39 is 17.3 Å². The summed E-state index contributed by atoms with van der Waals surface area (Å²) in [5.41, 5.74) is 0.332. The van der Waals surface area contributed by atoms with E-state index in [9.17, 15) is 9.18 Å². The summed E-state index contributed by atoms with van der Waals surface area (Å²) in [7, 11) is 1.40. The maximum atomic E-state index is 14.0. The summed E-state index contributed by atoms with van der Waals surface area (Å²) in [6.07, 6.45) is 4.67. The minimum Gasteiger partial charge on any atom is -0.495 e. The number of aromatic nitrogens is 1. The second-order valence-corrected chi connectivity index (χ2v) is 9.42. The number of carbonyl (C=O) groups is 1. The van der Waals surface area contributed by atoms with E-state index in [2.05, 4.69) is 35.4 Å². The van der Waals surface area contributed by atoms with E-state index in [0.717, 1.165) is 30.0 Å². The molecule has 1 fully saturated rings. The summed E-state index contributed by atoms with van der Waals surface area (Å²) in [6.45, 7) is 4.62. The molecule has 0 saturated heterocycles. The molecule has 1 saturated carbocycles. The highest BCUT2D eigenvalue weighted by atomic mass is 32.2. The monoisotopic (exact) mass is 434 g/mol.